The van der Waals surface area contributed by atoms with E-state index in [9.17, 15) is 9.59 Å². The van der Waals surface area contributed by atoms with Gasteiger partial charge in [-0.1, -0.05) is 41.6 Å². The minimum Gasteiger partial charge on any atom is -0.497 e. The van der Waals surface area contributed by atoms with E-state index in [1.165, 1.54) is 17.3 Å². The number of carbonyl (C=O) groups excluding carboxylic acids is 2. The van der Waals surface area contributed by atoms with E-state index in [4.69, 9.17) is 14.6 Å². The maximum absolute atomic E-state index is 12.8. The third kappa shape index (κ3) is 5.57. The quantitative estimate of drug-likeness (QED) is 0.454. The van der Waals surface area contributed by atoms with Crippen molar-refractivity contribution in [1.29, 1.82) is 0 Å². The molecule has 3 aromatic carbocycles. The van der Waals surface area contributed by atoms with E-state index in [1.54, 1.807) is 38.5 Å². The second-order valence-corrected chi connectivity index (χ2v) is 10.2. The Balaban J connectivity index is 1.33. The first-order valence-corrected chi connectivity index (χ1v) is 13.1. The number of nitrogens with one attached hydrogen (secondary N) is 1. The zero-order valence-corrected chi connectivity index (χ0v) is 22.2. The Morgan fingerprint density at radius 2 is 1.61 bits per heavy atom. The Hall–Kier alpha value is -4.11. The fourth-order valence-electron chi connectivity index (χ4n) is 4.35. The van der Waals surface area contributed by atoms with Crippen molar-refractivity contribution in [3.63, 3.8) is 0 Å². The van der Waals surface area contributed by atoms with Gasteiger partial charge in [-0.15, -0.1) is 0 Å². The van der Waals surface area contributed by atoms with Gasteiger partial charge >= 0.3 is 0 Å². The number of amides is 2. The molecule has 2 atom stereocenters. The average Bonchev–Trinajstić information content (AvgIpc) is 3.53. The van der Waals surface area contributed by atoms with E-state index in [0.29, 0.717) is 23.0 Å². The van der Waals surface area contributed by atoms with Crippen LogP contribution in [0, 0.1) is 6.92 Å². The molecule has 0 saturated carbocycles. The van der Waals surface area contributed by atoms with E-state index in [1.807, 2.05) is 36.2 Å². The molecular formula is C29H28N4O4S. The summed E-state index contributed by atoms with van der Waals surface area (Å²) < 4.78 is 10.4. The van der Waals surface area contributed by atoms with Gasteiger partial charge in [-0.25, -0.2) is 5.01 Å². The maximum Gasteiger partial charge on any atom is 0.262 e. The molecule has 0 unspecified atom stereocenters. The van der Waals surface area contributed by atoms with Crippen molar-refractivity contribution in [2.75, 3.05) is 19.5 Å². The molecule has 2 aliphatic rings. The summed E-state index contributed by atoms with van der Waals surface area (Å²) in [4.78, 5) is 29.8. The SMILES string of the molecule is COc1ccc(NC(=O)C[C@@H]2SC(N3N=C(c4ccc(OC)cc4)C[C@@H]3c3ccc(C)cc3)=NC2=O)cc1. The van der Waals surface area contributed by atoms with Crippen molar-refractivity contribution in [1.82, 2.24) is 5.01 Å². The van der Waals surface area contributed by atoms with Crippen molar-refractivity contribution in [3.05, 3.63) is 89.5 Å². The van der Waals surface area contributed by atoms with Crippen LogP contribution in [0.4, 0.5) is 5.69 Å². The number of carbonyl (C=O) groups is 2. The van der Waals surface area contributed by atoms with E-state index in [2.05, 4.69) is 34.6 Å². The number of benzene rings is 3. The molecule has 3 aromatic rings. The lowest BCUT2D eigenvalue weighted by molar-refractivity contribution is -0.121. The highest BCUT2D eigenvalue weighted by Gasteiger charge is 2.39. The molecule has 5 rings (SSSR count). The molecule has 0 fully saturated rings. The average molecular weight is 529 g/mol. The Morgan fingerprint density at radius 1 is 0.974 bits per heavy atom. The third-order valence-electron chi connectivity index (χ3n) is 6.47. The zero-order chi connectivity index (χ0) is 26.6. The topological polar surface area (TPSA) is 92.6 Å². The van der Waals surface area contributed by atoms with E-state index >= 15 is 0 Å². The fraction of sp³-hybridized carbons (Fsp3) is 0.241. The van der Waals surface area contributed by atoms with Gasteiger partial charge in [0, 0.05) is 18.5 Å². The first-order chi connectivity index (χ1) is 18.4. The minimum absolute atomic E-state index is 0.0145. The maximum atomic E-state index is 12.8. The van der Waals surface area contributed by atoms with Gasteiger partial charge in [0.05, 0.1) is 26.0 Å². The molecule has 0 saturated heterocycles. The highest BCUT2D eigenvalue weighted by molar-refractivity contribution is 8.15. The van der Waals surface area contributed by atoms with Gasteiger partial charge in [-0.2, -0.15) is 10.1 Å². The summed E-state index contributed by atoms with van der Waals surface area (Å²) in [5.41, 5.74) is 4.77. The molecule has 0 radical (unpaired) electrons. The van der Waals surface area contributed by atoms with Gasteiger partial charge in [-0.3, -0.25) is 9.59 Å². The standard InChI is InChI=1S/C29H28N4O4S/c1-18-4-6-20(7-5-18)25-16-24(19-8-12-22(36-2)13-9-19)32-33(25)29-31-28(35)26(38-29)17-27(34)30-21-10-14-23(37-3)15-11-21/h4-15,25-26H,16-17H2,1-3H3,(H,30,34)/t25-,26+/m1/s1. The summed E-state index contributed by atoms with van der Waals surface area (Å²) >= 11 is 1.28. The lowest BCUT2D eigenvalue weighted by atomic mass is 9.98. The molecule has 0 aromatic heterocycles. The van der Waals surface area contributed by atoms with Crippen LogP contribution >= 0.6 is 11.8 Å². The van der Waals surface area contributed by atoms with Crippen LogP contribution in [0.1, 0.15) is 35.6 Å². The lowest BCUT2D eigenvalue weighted by Crippen LogP contribution is -2.25. The third-order valence-corrected chi connectivity index (χ3v) is 7.61. The minimum atomic E-state index is -0.609. The molecule has 1 N–H and O–H groups in total. The van der Waals surface area contributed by atoms with Gasteiger partial charge in [0.15, 0.2) is 5.17 Å². The normalized spacial score (nSPS) is 18.7. The number of aryl methyl sites for hydroxylation is 1. The predicted molar refractivity (Wildman–Crippen MR) is 150 cm³/mol. The van der Waals surface area contributed by atoms with Gasteiger partial charge in [0.25, 0.3) is 5.91 Å². The van der Waals surface area contributed by atoms with Gasteiger partial charge in [-0.05, 0) is 66.6 Å². The highest BCUT2D eigenvalue weighted by atomic mass is 32.2. The van der Waals surface area contributed by atoms with Crippen molar-refractivity contribution < 1.29 is 19.1 Å². The van der Waals surface area contributed by atoms with Crippen LogP contribution in [0.5, 0.6) is 11.5 Å². The number of amidine groups is 1. The van der Waals surface area contributed by atoms with Crippen LogP contribution < -0.4 is 14.8 Å². The number of nitrogens with zero attached hydrogens (tertiary/aromatic N) is 3. The van der Waals surface area contributed by atoms with Crippen molar-refractivity contribution >= 4 is 40.1 Å². The Bertz CT molecular complexity index is 1390. The second kappa shape index (κ2) is 11.1. The summed E-state index contributed by atoms with van der Waals surface area (Å²) in [6.45, 7) is 2.05. The largest absolute Gasteiger partial charge is 0.497 e. The number of hydrogen-bond acceptors (Lipinski definition) is 7. The molecule has 38 heavy (non-hydrogen) atoms. The van der Waals surface area contributed by atoms with Crippen LogP contribution in [0.25, 0.3) is 0 Å². The van der Waals surface area contributed by atoms with Gasteiger partial charge in [0.2, 0.25) is 5.91 Å². The number of ether oxygens (including phenoxy) is 2. The van der Waals surface area contributed by atoms with Crippen molar-refractivity contribution in [2.45, 2.75) is 31.1 Å². The Morgan fingerprint density at radius 3 is 2.24 bits per heavy atom. The summed E-state index contributed by atoms with van der Waals surface area (Å²) in [7, 11) is 3.22. The Labute approximate surface area is 225 Å². The monoisotopic (exact) mass is 528 g/mol. The molecule has 9 heteroatoms. The summed E-state index contributed by atoms with van der Waals surface area (Å²) in [6, 6.07) is 23.0. The first kappa shape index (κ1) is 25.5. The molecule has 0 bridgehead atoms. The summed E-state index contributed by atoms with van der Waals surface area (Å²) in [6.07, 6.45) is 0.673. The van der Waals surface area contributed by atoms with E-state index in [-0.39, 0.29) is 24.3 Å². The number of anilines is 1. The molecule has 2 heterocycles. The number of hydrazone groups is 1. The van der Waals surface area contributed by atoms with Crippen LogP contribution in [0.15, 0.2) is 82.9 Å². The van der Waals surface area contributed by atoms with E-state index in [0.717, 1.165) is 22.6 Å². The number of aliphatic imine (C=N–C) groups is 1. The molecule has 8 nitrogen and oxygen atoms in total. The molecular weight excluding hydrogens is 500 g/mol. The molecule has 2 aliphatic heterocycles. The molecule has 2 amide bonds. The smallest absolute Gasteiger partial charge is 0.262 e. The first-order valence-electron chi connectivity index (χ1n) is 12.2. The van der Waals surface area contributed by atoms with Crippen molar-refractivity contribution in [2.24, 2.45) is 10.1 Å². The van der Waals surface area contributed by atoms with Crippen LogP contribution in [0.2, 0.25) is 0 Å². The summed E-state index contributed by atoms with van der Waals surface area (Å²) in [5.74, 6) is 0.893. The predicted octanol–water partition coefficient (Wildman–Crippen LogP) is 5.19. The zero-order valence-electron chi connectivity index (χ0n) is 21.4. The van der Waals surface area contributed by atoms with Gasteiger partial charge < -0.3 is 14.8 Å². The van der Waals surface area contributed by atoms with Gasteiger partial charge in [0.1, 0.15) is 16.7 Å². The lowest BCUT2D eigenvalue weighted by Gasteiger charge is -2.23. The second-order valence-electron chi connectivity index (χ2n) is 9.07. The number of hydrogen-bond donors (Lipinski definition) is 1. The summed E-state index contributed by atoms with van der Waals surface area (Å²) in [5, 5.41) is 9.47. The van der Waals surface area contributed by atoms with Crippen LogP contribution in [-0.2, 0) is 9.59 Å². The van der Waals surface area contributed by atoms with Crippen LogP contribution in [-0.4, -0.2) is 47.2 Å². The fourth-order valence-corrected chi connectivity index (χ4v) is 5.41. The van der Waals surface area contributed by atoms with Crippen LogP contribution in [0.3, 0.4) is 0 Å². The molecule has 0 aliphatic carbocycles. The number of thioether (sulfide) groups is 1. The number of rotatable bonds is 7. The number of methoxy groups -OCH3 is 2. The van der Waals surface area contributed by atoms with Crippen molar-refractivity contribution in [3.8, 4) is 11.5 Å². The van der Waals surface area contributed by atoms with E-state index < -0.39 is 5.25 Å². The highest BCUT2D eigenvalue weighted by Crippen LogP contribution is 2.39. The Kier molecular flexibility index (Phi) is 7.46. The molecule has 0 spiro atoms. The molecule has 194 valence electrons.